The van der Waals surface area contributed by atoms with Gasteiger partial charge in [0.15, 0.2) is 0 Å². The molecular formula is C7H8NNaO6S. The molecule has 7 nitrogen and oxygen atoms in total. The molecule has 1 aromatic rings. The summed E-state index contributed by atoms with van der Waals surface area (Å²) in [6.45, 7) is 0. The van der Waals surface area contributed by atoms with E-state index in [0.717, 1.165) is 31.6 Å². The number of rotatable bonds is 2. The van der Waals surface area contributed by atoms with Crippen molar-refractivity contribution in [3.8, 4) is 0 Å². The van der Waals surface area contributed by atoms with Gasteiger partial charge in [-0.15, -0.1) is 0 Å². The zero-order valence-corrected chi connectivity index (χ0v) is 11.2. The van der Waals surface area contributed by atoms with Crippen LogP contribution in [0.3, 0.4) is 0 Å². The van der Waals surface area contributed by atoms with E-state index in [1.165, 1.54) is 5.56 Å². The van der Waals surface area contributed by atoms with Crippen molar-refractivity contribution in [2.24, 2.45) is 0 Å². The summed E-state index contributed by atoms with van der Waals surface area (Å²) in [4.78, 5) is 9.84. The molecule has 0 aliphatic heterocycles. The quantitative estimate of drug-likeness (QED) is 0.347. The molecule has 0 aromatic heterocycles. The zero-order chi connectivity index (χ0) is 12.8. The molecule has 0 amide bonds. The van der Waals surface area contributed by atoms with Crippen molar-refractivity contribution in [1.29, 1.82) is 0 Å². The first-order valence-corrected chi connectivity index (χ1v) is 6.98. The molecule has 0 fully saturated rings. The van der Waals surface area contributed by atoms with Crippen LogP contribution in [0, 0.1) is 10.1 Å². The second-order valence-electron chi connectivity index (χ2n) is 2.72. The normalized spacial score (nSPS) is 10.2. The fourth-order valence-electron chi connectivity index (χ4n) is 0.853. The molecule has 84 valence electrons. The van der Waals surface area contributed by atoms with E-state index in [1.54, 1.807) is 12.1 Å². The van der Waals surface area contributed by atoms with Gasteiger partial charge in [0, 0.05) is 0 Å². The van der Waals surface area contributed by atoms with E-state index in [0.29, 0.717) is 0 Å². The molecule has 1 aromatic carbocycles. The summed E-state index contributed by atoms with van der Waals surface area (Å²) in [5, 5.41) is 10.2. The summed E-state index contributed by atoms with van der Waals surface area (Å²) in [6, 6.07) is 6.72. The van der Waals surface area contributed by atoms with Gasteiger partial charge < -0.3 is 0 Å². The number of benzene rings is 1. The molecular weight excluding hydrogens is 249 g/mol. The van der Waals surface area contributed by atoms with E-state index in [-0.39, 0.29) is 10.6 Å². The van der Waals surface area contributed by atoms with Crippen LogP contribution in [0.4, 0.5) is 5.69 Å². The van der Waals surface area contributed by atoms with Gasteiger partial charge in [-0.2, -0.15) is 8.42 Å². The van der Waals surface area contributed by atoms with Crippen LogP contribution in [0.5, 0.6) is 0 Å². The molecule has 0 radical (unpaired) electrons. The molecule has 0 unspecified atom stereocenters. The van der Waals surface area contributed by atoms with E-state index in [1.807, 2.05) is 12.1 Å². The molecule has 0 aliphatic carbocycles. The molecule has 0 aliphatic rings. The Hall–Kier alpha value is -0.510. The number of non-ortho nitro benzene ring substituents is 1. The van der Waals surface area contributed by atoms with Crippen molar-refractivity contribution < 1.29 is 22.4 Å². The molecule has 0 bridgehead atoms. The maximum atomic E-state index is 10.2. The predicted molar refractivity (Wildman–Crippen MR) is 56.7 cm³/mol. The van der Waals surface area contributed by atoms with Crippen LogP contribution in [0.2, 0.25) is 0 Å². The van der Waals surface area contributed by atoms with Crippen LogP contribution >= 0.6 is 0 Å². The van der Waals surface area contributed by atoms with Crippen LogP contribution in [0.15, 0.2) is 24.3 Å². The summed E-state index contributed by atoms with van der Waals surface area (Å²) in [7, 11) is -4.67. The van der Waals surface area contributed by atoms with Crippen LogP contribution in [-0.4, -0.2) is 50.4 Å². The molecule has 9 heteroatoms. The average molecular weight is 257 g/mol. The molecule has 0 saturated heterocycles. The van der Waals surface area contributed by atoms with Crippen molar-refractivity contribution in [3.63, 3.8) is 0 Å². The van der Waals surface area contributed by atoms with E-state index >= 15 is 0 Å². The molecule has 0 saturated carbocycles. The Morgan fingerprint density at radius 3 is 1.88 bits per heavy atom. The van der Waals surface area contributed by atoms with Gasteiger partial charge in [0.05, 0.1) is 0 Å². The Kier molecular flexibility index (Phi) is 6.72. The Balaban J connectivity index is 0.000000385. The summed E-state index contributed by atoms with van der Waals surface area (Å²) in [5.41, 5.74) is 1.35. The third kappa shape index (κ3) is 8.77. The van der Waals surface area contributed by atoms with Crippen molar-refractivity contribution >= 4 is 44.0 Å². The van der Waals surface area contributed by atoms with Gasteiger partial charge in [-0.25, -0.2) is 0 Å². The standard InChI is InChI=1S/C7H6NO2.Na.H2O4S/c1-6-2-4-7(5-3-6)8(9)10;;1-5(2,3)4/h2-5H,1H2;;(H2,1,2,3,4). The van der Waals surface area contributed by atoms with E-state index < -0.39 is 10.4 Å². The summed E-state index contributed by atoms with van der Waals surface area (Å²) in [6.07, 6.45) is 0. The number of nitrogens with zero attached hydrogens (tertiary/aromatic N) is 1. The maximum absolute atomic E-state index is 10.2. The second kappa shape index (κ2) is 6.94. The van der Waals surface area contributed by atoms with Crippen LogP contribution in [0.1, 0.15) is 5.56 Å². The fourth-order valence-corrected chi connectivity index (χ4v) is 1.32. The number of nitro groups is 1. The van der Waals surface area contributed by atoms with E-state index in [4.69, 9.17) is 17.5 Å². The fraction of sp³-hybridized carbons (Fsp3) is 0.143. The number of hydrogen-bond acceptors (Lipinski definition) is 4. The topological polar surface area (TPSA) is 118 Å². The number of hydrogen-bond donors (Lipinski definition) is 2. The van der Waals surface area contributed by atoms with Crippen molar-refractivity contribution in [2.45, 2.75) is 3.67 Å². The van der Waals surface area contributed by atoms with E-state index in [9.17, 15) is 10.1 Å². The Morgan fingerprint density at radius 1 is 1.25 bits per heavy atom. The first-order chi connectivity index (χ1) is 7.24. The monoisotopic (exact) mass is 257 g/mol. The van der Waals surface area contributed by atoms with Crippen molar-refractivity contribution in [3.05, 3.63) is 39.9 Å². The van der Waals surface area contributed by atoms with E-state index in [2.05, 4.69) is 0 Å². The summed E-state index contributed by atoms with van der Waals surface area (Å²) >= 11 is 1.10. The van der Waals surface area contributed by atoms with Gasteiger partial charge in [-0.1, -0.05) is 0 Å². The van der Waals surface area contributed by atoms with Gasteiger partial charge in [-0.05, 0) is 0 Å². The Morgan fingerprint density at radius 2 is 1.62 bits per heavy atom. The Labute approximate surface area is 110 Å². The minimum atomic E-state index is -4.67. The van der Waals surface area contributed by atoms with Gasteiger partial charge in [0.25, 0.3) is 0 Å². The molecule has 0 heterocycles. The number of nitro benzene ring substituents is 1. The second-order valence-corrected chi connectivity index (χ2v) is 4.33. The first-order valence-electron chi connectivity index (χ1n) is 4.17. The van der Waals surface area contributed by atoms with Crippen molar-refractivity contribution in [1.82, 2.24) is 0 Å². The summed E-state index contributed by atoms with van der Waals surface area (Å²) in [5.74, 6) is 0. The molecule has 2 N–H and O–H groups in total. The zero-order valence-electron chi connectivity index (χ0n) is 8.40. The van der Waals surface area contributed by atoms with Crippen molar-refractivity contribution in [2.75, 3.05) is 0 Å². The first kappa shape index (κ1) is 15.5. The Bertz CT molecular complexity index is 434. The van der Waals surface area contributed by atoms with Gasteiger partial charge >= 0.3 is 92.6 Å². The minimum absolute atomic E-state index is 0.170. The van der Waals surface area contributed by atoms with Gasteiger partial charge in [0.1, 0.15) is 0 Å². The predicted octanol–water partition coefficient (Wildman–Crippen LogP) is 0.611. The molecule has 0 atom stereocenters. The third-order valence-electron chi connectivity index (χ3n) is 1.56. The SMILES string of the molecule is O=S(=O)(O)O.O=[N+]([O-])c1ccc([CH2][Na])cc1. The average Bonchev–Trinajstić information content (AvgIpc) is 2.15. The third-order valence-corrected chi connectivity index (χ3v) is 2.37. The van der Waals surface area contributed by atoms with Crippen LogP contribution < -0.4 is 0 Å². The van der Waals surface area contributed by atoms with Gasteiger partial charge in [0.2, 0.25) is 0 Å². The van der Waals surface area contributed by atoms with Gasteiger partial charge in [-0.3, -0.25) is 9.11 Å². The van der Waals surface area contributed by atoms with Crippen LogP contribution in [0.25, 0.3) is 0 Å². The molecule has 0 spiro atoms. The molecule has 1 rings (SSSR count). The van der Waals surface area contributed by atoms with Crippen LogP contribution in [-0.2, 0) is 14.1 Å². The molecule has 16 heavy (non-hydrogen) atoms. The summed E-state index contributed by atoms with van der Waals surface area (Å²) < 4.78 is 32.6.